The molecule has 0 unspecified atom stereocenters. The molecule has 2 aromatic heterocycles. The Bertz CT molecular complexity index is 899. The zero-order chi connectivity index (χ0) is 17.8. The lowest BCUT2D eigenvalue weighted by Gasteiger charge is -2.13. The minimum Gasteiger partial charge on any atom is -0.468 e. The molecule has 0 saturated carbocycles. The zero-order valence-electron chi connectivity index (χ0n) is 13.6. The van der Waals surface area contributed by atoms with Crippen molar-refractivity contribution in [3.8, 4) is 17.1 Å². The molecule has 0 amide bonds. The van der Waals surface area contributed by atoms with E-state index in [9.17, 15) is 4.79 Å². The van der Waals surface area contributed by atoms with E-state index in [1.165, 1.54) is 18.9 Å². The van der Waals surface area contributed by atoms with Crippen LogP contribution in [-0.4, -0.2) is 38.6 Å². The van der Waals surface area contributed by atoms with E-state index < -0.39 is 0 Å². The molecule has 128 valence electrons. The van der Waals surface area contributed by atoms with E-state index >= 15 is 0 Å². The van der Waals surface area contributed by atoms with E-state index in [1.54, 1.807) is 12.4 Å². The molecular weight excluding hydrogens is 360 g/mol. The van der Waals surface area contributed by atoms with Crippen LogP contribution < -0.4 is 0 Å². The van der Waals surface area contributed by atoms with Gasteiger partial charge in [0.15, 0.2) is 11.0 Å². The maximum Gasteiger partial charge on any atom is 0.316 e. The Kier molecular flexibility index (Phi) is 5.35. The topological polar surface area (TPSA) is 69.9 Å². The second-order valence-corrected chi connectivity index (χ2v) is 6.48. The third-order valence-corrected chi connectivity index (χ3v) is 4.91. The molecule has 0 aliphatic heterocycles. The summed E-state index contributed by atoms with van der Waals surface area (Å²) in [5.74, 6) is 0.470. The Morgan fingerprint density at radius 2 is 2.00 bits per heavy atom. The minimum absolute atomic E-state index is 0.143. The predicted octanol–water partition coefficient (Wildman–Crippen LogP) is 3.56. The number of ether oxygens (including phenoxy) is 1. The third kappa shape index (κ3) is 3.67. The van der Waals surface area contributed by atoms with Gasteiger partial charge < -0.3 is 4.74 Å². The van der Waals surface area contributed by atoms with Crippen LogP contribution in [0.25, 0.3) is 17.1 Å². The number of carbonyl (C=O) groups excluding carboxylic acids is 1. The largest absolute Gasteiger partial charge is 0.468 e. The highest BCUT2D eigenvalue weighted by molar-refractivity contribution is 7.99. The van der Waals surface area contributed by atoms with E-state index in [0.717, 1.165) is 16.8 Å². The van der Waals surface area contributed by atoms with Crippen molar-refractivity contribution in [2.45, 2.75) is 12.1 Å². The first-order valence-electron chi connectivity index (χ1n) is 7.42. The van der Waals surface area contributed by atoms with Gasteiger partial charge >= 0.3 is 5.97 Å². The molecule has 0 atom stereocenters. The molecule has 0 spiro atoms. The quantitative estimate of drug-likeness (QED) is 0.502. The van der Waals surface area contributed by atoms with Gasteiger partial charge in [0.25, 0.3) is 0 Å². The van der Waals surface area contributed by atoms with Crippen LogP contribution in [-0.2, 0) is 9.53 Å². The summed E-state index contributed by atoms with van der Waals surface area (Å²) >= 11 is 7.55. The van der Waals surface area contributed by atoms with Crippen LogP contribution in [0.3, 0.4) is 0 Å². The van der Waals surface area contributed by atoms with Crippen LogP contribution >= 0.6 is 23.4 Å². The summed E-state index contributed by atoms with van der Waals surface area (Å²) in [7, 11) is 1.36. The normalized spacial score (nSPS) is 10.7. The summed E-state index contributed by atoms with van der Waals surface area (Å²) < 4.78 is 6.60. The van der Waals surface area contributed by atoms with Crippen molar-refractivity contribution in [3.05, 3.63) is 53.3 Å². The summed E-state index contributed by atoms with van der Waals surface area (Å²) in [5, 5.41) is 9.79. The second kappa shape index (κ2) is 7.67. The van der Waals surface area contributed by atoms with Gasteiger partial charge in [0.1, 0.15) is 0 Å². The first-order chi connectivity index (χ1) is 12.1. The lowest BCUT2D eigenvalue weighted by atomic mass is 10.2. The van der Waals surface area contributed by atoms with Gasteiger partial charge in [-0.1, -0.05) is 29.4 Å². The first-order valence-corrected chi connectivity index (χ1v) is 8.79. The molecule has 3 aromatic rings. The van der Waals surface area contributed by atoms with Crippen LogP contribution in [0.4, 0.5) is 0 Å². The van der Waals surface area contributed by atoms with Crippen molar-refractivity contribution in [3.63, 3.8) is 0 Å². The Labute approximate surface area is 154 Å². The average molecular weight is 375 g/mol. The van der Waals surface area contributed by atoms with Gasteiger partial charge in [-0.2, -0.15) is 0 Å². The zero-order valence-corrected chi connectivity index (χ0v) is 15.2. The molecule has 8 heteroatoms. The molecule has 0 aliphatic carbocycles. The number of rotatable bonds is 5. The maximum atomic E-state index is 11.5. The van der Waals surface area contributed by atoms with E-state index in [2.05, 4.69) is 15.2 Å². The van der Waals surface area contributed by atoms with Crippen molar-refractivity contribution >= 4 is 29.3 Å². The SMILES string of the molecule is COC(=O)CSc1nnc(-c2ccncc2)n1-c1cccc(Cl)c1C. The van der Waals surface area contributed by atoms with Gasteiger partial charge in [-0.05, 0) is 36.8 Å². The summed E-state index contributed by atoms with van der Waals surface area (Å²) in [6.07, 6.45) is 3.39. The summed E-state index contributed by atoms with van der Waals surface area (Å²) in [5.41, 5.74) is 2.63. The van der Waals surface area contributed by atoms with Crippen LogP contribution in [0.2, 0.25) is 5.02 Å². The molecule has 0 radical (unpaired) electrons. The number of hydrogen-bond acceptors (Lipinski definition) is 6. The molecule has 2 heterocycles. The number of aromatic nitrogens is 4. The van der Waals surface area contributed by atoms with E-state index in [4.69, 9.17) is 16.3 Å². The fraction of sp³-hybridized carbons (Fsp3) is 0.176. The Morgan fingerprint density at radius 1 is 1.24 bits per heavy atom. The smallest absolute Gasteiger partial charge is 0.316 e. The minimum atomic E-state index is -0.326. The molecule has 0 fully saturated rings. The number of methoxy groups -OCH3 is 1. The van der Waals surface area contributed by atoms with Gasteiger partial charge in [0.05, 0.1) is 18.6 Å². The maximum absolute atomic E-state index is 11.5. The van der Waals surface area contributed by atoms with E-state index in [1.807, 2.05) is 41.8 Å². The molecule has 0 bridgehead atoms. The van der Waals surface area contributed by atoms with Crippen molar-refractivity contribution in [1.29, 1.82) is 0 Å². The van der Waals surface area contributed by atoms with Crippen LogP contribution in [0.15, 0.2) is 47.9 Å². The van der Waals surface area contributed by atoms with Crippen molar-refractivity contribution in [2.75, 3.05) is 12.9 Å². The lowest BCUT2D eigenvalue weighted by molar-refractivity contribution is -0.137. The fourth-order valence-corrected chi connectivity index (χ4v) is 3.24. The Morgan fingerprint density at radius 3 is 2.72 bits per heavy atom. The lowest BCUT2D eigenvalue weighted by Crippen LogP contribution is -2.06. The molecule has 6 nitrogen and oxygen atoms in total. The Balaban J connectivity index is 2.13. The van der Waals surface area contributed by atoms with Crippen molar-refractivity contribution in [2.24, 2.45) is 0 Å². The first kappa shape index (κ1) is 17.4. The summed E-state index contributed by atoms with van der Waals surface area (Å²) in [6.45, 7) is 1.93. The molecule has 1 aromatic carbocycles. The number of thioether (sulfide) groups is 1. The number of halogens is 1. The molecule has 25 heavy (non-hydrogen) atoms. The molecule has 3 rings (SSSR count). The number of nitrogens with zero attached hydrogens (tertiary/aromatic N) is 4. The van der Waals surface area contributed by atoms with E-state index in [0.29, 0.717) is 16.0 Å². The number of hydrogen-bond donors (Lipinski definition) is 0. The molecule has 0 saturated heterocycles. The monoisotopic (exact) mass is 374 g/mol. The van der Waals surface area contributed by atoms with Gasteiger partial charge in [0, 0.05) is 23.0 Å². The summed E-state index contributed by atoms with van der Waals surface area (Å²) in [4.78, 5) is 15.5. The molecule has 0 N–H and O–H groups in total. The van der Waals surface area contributed by atoms with Crippen LogP contribution in [0.5, 0.6) is 0 Å². The van der Waals surface area contributed by atoms with Crippen molar-refractivity contribution < 1.29 is 9.53 Å². The summed E-state index contributed by atoms with van der Waals surface area (Å²) in [6, 6.07) is 9.36. The number of pyridine rings is 1. The van der Waals surface area contributed by atoms with Crippen LogP contribution in [0.1, 0.15) is 5.56 Å². The number of carbonyl (C=O) groups is 1. The van der Waals surface area contributed by atoms with Crippen LogP contribution in [0, 0.1) is 6.92 Å². The predicted molar refractivity (Wildman–Crippen MR) is 97.1 cm³/mol. The Hall–Kier alpha value is -2.38. The highest BCUT2D eigenvalue weighted by Crippen LogP contribution is 2.31. The number of benzene rings is 1. The second-order valence-electron chi connectivity index (χ2n) is 5.13. The third-order valence-electron chi connectivity index (χ3n) is 3.60. The standard InChI is InChI=1S/C17H15ClN4O2S/c1-11-13(18)4-3-5-14(11)22-16(12-6-8-19-9-7-12)20-21-17(22)25-10-15(23)24-2/h3-9H,10H2,1-2H3. The van der Waals surface area contributed by atoms with Gasteiger partial charge in [0.2, 0.25) is 0 Å². The highest BCUT2D eigenvalue weighted by Gasteiger charge is 2.19. The average Bonchev–Trinajstić information content (AvgIpc) is 3.06. The molecule has 0 aliphatic rings. The number of esters is 1. The highest BCUT2D eigenvalue weighted by atomic mass is 35.5. The van der Waals surface area contributed by atoms with Gasteiger partial charge in [-0.25, -0.2) is 0 Å². The fourth-order valence-electron chi connectivity index (χ4n) is 2.29. The van der Waals surface area contributed by atoms with Gasteiger partial charge in [-0.3, -0.25) is 14.3 Å². The molecular formula is C17H15ClN4O2S. The van der Waals surface area contributed by atoms with Crippen molar-refractivity contribution in [1.82, 2.24) is 19.7 Å². The van der Waals surface area contributed by atoms with Gasteiger partial charge in [-0.15, -0.1) is 10.2 Å². The van der Waals surface area contributed by atoms with E-state index in [-0.39, 0.29) is 11.7 Å².